The molecule has 3 rings (SSSR count). The smallest absolute Gasteiger partial charge is 0.305 e. The van der Waals surface area contributed by atoms with E-state index in [1.165, 1.54) is 12.3 Å². The van der Waals surface area contributed by atoms with Crippen LogP contribution in [0, 0.1) is 11.7 Å². The molecular formula is C15H18FN3O2. The first-order valence-corrected chi connectivity index (χ1v) is 7.24. The number of urea groups is 1. The van der Waals surface area contributed by atoms with E-state index in [9.17, 15) is 14.0 Å². The molecule has 1 saturated carbocycles. The predicted molar refractivity (Wildman–Crippen MR) is 73.6 cm³/mol. The minimum absolute atomic E-state index is 0.205. The number of halogens is 1. The van der Waals surface area contributed by atoms with Crippen molar-refractivity contribution in [2.24, 2.45) is 5.92 Å². The normalized spacial score (nSPS) is 29.0. The van der Waals surface area contributed by atoms with Crippen molar-refractivity contribution < 1.29 is 14.0 Å². The summed E-state index contributed by atoms with van der Waals surface area (Å²) in [4.78, 5) is 29.7. The van der Waals surface area contributed by atoms with Crippen LogP contribution in [-0.2, 0) is 11.3 Å². The number of carbonyl (C=O) groups is 2. The third kappa shape index (κ3) is 2.39. The molecule has 2 fully saturated rings. The number of rotatable bonds is 2. The predicted octanol–water partition coefficient (Wildman–Crippen LogP) is 2.22. The van der Waals surface area contributed by atoms with Gasteiger partial charge in [0.2, 0.25) is 0 Å². The monoisotopic (exact) mass is 291 g/mol. The summed E-state index contributed by atoms with van der Waals surface area (Å²) < 4.78 is 13.3. The van der Waals surface area contributed by atoms with Crippen LogP contribution in [0.2, 0.25) is 0 Å². The number of nitrogens with zero attached hydrogens (tertiary/aromatic N) is 2. The standard InChI is InChI=1S/C15H18FN3O2/c1-10-2-4-15(5-3-10)13(20)18-14(21)19(15)9-11-6-12(16)8-17-7-11/h6-8,10H,2-5,9H2,1H3,(H,18,20,21). The Labute approximate surface area is 122 Å². The summed E-state index contributed by atoms with van der Waals surface area (Å²) in [5.74, 6) is -0.0923. The third-order valence-electron chi connectivity index (χ3n) is 4.61. The van der Waals surface area contributed by atoms with E-state index in [4.69, 9.17) is 0 Å². The van der Waals surface area contributed by atoms with E-state index in [1.54, 1.807) is 4.90 Å². The summed E-state index contributed by atoms with van der Waals surface area (Å²) in [6.45, 7) is 2.36. The van der Waals surface area contributed by atoms with Crippen LogP contribution in [0.1, 0.15) is 38.2 Å². The summed E-state index contributed by atoms with van der Waals surface area (Å²) in [5.41, 5.74) is -0.173. The van der Waals surface area contributed by atoms with Gasteiger partial charge in [0.1, 0.15) is 11.4 Å². The largest absolute Gasteiger partial charge is 0.325 e. The van der Waals surface area contributed by atoms with Gasteiger partial charge in [-0.05, 0) is 43.2 Å². The van der Waals surface area contributed by atoms with Crippen molar-refractivity contribution in [3.8, 4) is 0 Å². The molecule has 21 heavy (non-hydrogen) atoms. The molecule has 3 amide bonds. The number of pyridine rings is 1. The van der Waals surface area contributed by atoms with Gasteiger partial charge in [-0.2, -0.15) is 0 Å². The third-order valence-corrected chi connectivity index (χ3v) is 4.61. The highest BCUT2D eigenvalue weighted by molar-refractivity contribution is 6.07. The van der Waals surface area contributed by atoms with E-state index >= 15 is 0 Å². The molecule has 2 aliphatic rings. The van der Waals surface area contributed by atoms with Crippen molar-refractivity contribution in [3.05, 3.63) is 29.8 Å². The van der Waals surface area contributed by atoms with E-state index in [0.29, 0.717) is 24.3 Å². The Balaban J connectivity index is 1.87. The second-order valence-corrected chi connectivity index (χ2v) is 6.07. The molecule has 112 valence electrons. The van der Waals surface area contributed by atoms with Gasteiger partial charge in [0.05, 0.1) is 12.7 Å². The van der Waals surface area contributed by atoms with Crippen molar-refractivity contribution in [2.75, 3.05) is 0 Å². The van der Waals surface area contributed by atoms with E-state index in [0.717, 1.165) is 19.0 Å². The van der Waals surface area contributed by atoms with Crippen molar-refractivity contribution in [2.45, 2.75) is 44.7 Å². The van der Waals surface area contributed by atoms with Crippen LogP contribution in [0.3, 0.4) is 0 Å². The number of amides is 3. The van der Waals surface area contributed by atoms with Gasteiger partial charge in [0, 0.05) is 6.20 Å². The van der Waals surface area contributed by atoms with Crippen molar-refractivity contribution in [3.63, 3.8) is 0 Å². The Hall–Kier alpha value is -1.98. The SMILES string of the molecule is CC1CCC2(CC1)C(=O)NC(=O)N2Cc1cncc(F)c1. The first-order valence-electron chi connectivity index (χ1n) is 7.24. The number of nitrogens with one attached hydrogen (secondary N) is 1. The zero-order valence-electron chi connectivity index (χ0n) is 11.9. The number of carbonyl (C=O) groups excluding carboxylic acids is 2. The topological polar surface area (TPSA) is 62.3 Å². The fraction of sp³-hybridized carbons (Fsp3) is 0.533. The lowest BCUT2D eigenvalue weighted by molar-refractivity contribution is -0.128. The van der Waals surface area contributed by atoms with Crippen LogP contribution in [0.5, 0.6) is 0 Å². The van der Waals surface area contributed by atoms with Crippen molar-refractivity contribution in [1.82, 2.24) is 15.2 Å². The molecule has 1 N–H and O–H groups in total. The maximum atomic E-state index is 13.3. The molecule has 6 heteroatoms. The number of imide groups is 1. The van der Waals surface area contributed by atoms with Crippen LogP contribution >= 0.6 is 0 Å². The van der Waals surface area contributed by atoms with Gasteiger partial charge >= 0.3 is 6.03 Å². The van der Waals surface area contributed by atoms with Gasteiger partial charge in [-0.1, -0.05) is 6.92 Å². The zero-order chi connectivity index (χ0) is 15.0. The second-order valence-electron chi connectivity index (χ2n) is 6.07. The molecule has 1 aromatic rings. The Morgan fingerprint density at radius 1 is 1.38 bits per heavy atom. The fourth-order valence-electron chi connectivity index (χ4n) is 3.28. The molecule has 0 bridgehead atoms. The second kappa shape index (κ2) is 5.09. The molecule has 1 aromatic heterocycles. The lowest BCUT2D eigenvalue weighted by Gasteiger charge is -2.40. The number of hydrogen-bond donors (Lipinski definition) is 1. The molecule has 1 aliphatic carbocycles. The molecule has 5 nitrogen and oxygen atoms in total. The Kier molecular flexibility index (Phi) is 3.39. The minimum atomic E-state index is -0.768. The molecule has 1 aliphatic heterocycles. The maximum Gasteiger partial charge on any atom is 0.325 e. The van der Waals surface area contributed by atoms with Crippen LogP contribution in [0.15, 0.2) is 18.5 Å². The van der Waals surface area contributed by atoms with E-state index in [1.807, 2.05) is 0 Å². The lowest BCUT2D eigenvalue weighted by Crippen LogP contribution is -2.51. The number of aromatic nitrogens is 1. The van der Waals surface area contributed by atoms with Crippen LogP contribution in [0.25, 0.3) is 0 Å². The molecule has 1 saturated heterocycles. The maximum absolute atomic E-state index is 13.3. The summed E-state index contributed by atoms with van der Waals surface area (Å²) >= 11 is 0. The van der Waals surface area contributed by atoms with Crippen molar-refractivity contribution >= 4 is 11.9 Å². The van der Waals surface area contributed by atoms with Crippen LogP contribution in [-0.4, -0.2) is 27.4 Å². The average molecular weight is 291 g/mol. The van der Waals surface area contributed by atoms with E-state index in [-0.39, 0.29) is 18.5 Å². The van der Waals surface area contributed by atoms with Crippen LogP contribution < -0.4 is 5.32 Å². The lowest BCUT2D eigenvalue weighted by atomic mass is 9.76. The summed E-state index contributed by atoms with van der Waals surface area (Å²) in [6, 6.07) is 0.959. The molecule has 2 heterocycles. The van der Waals surface area contributed by atoms with Gasteiger partial charge in [-0.3, -0.25) is 15.1 Å². The summed E-state index contributed by atoms with van der Waals surface area (Å²) in [5, 5.41) is 2.41. The Morgan fingerprint density at radius 2 is 2.10 bits per heavy atom. The van der Waals surface area contributed by atoms with Gasteiger partial charge in [0.15, 0.2) is 0 Å². The highest BCUT2D eigenvalue weighted by Gasteiger charge is 2.53. The van der Waals surface area contributed by atoms with Crippen molar-refractivity contribution in [1.29, 1.82) is 0 Å². The van der Waals surface area contributed by atoms with Gasteiger partial charge in [-0.25, -0.2) is 9.18 Å². The number of hydrogen-bond acceptors (Lipinski definition) is 3. The Morgan fingerprint density at radius 3 is 2.76 bits per heavy atom. The molecule has 0 unspecified atom stereocenters. The highest BCUT2D eigenvalue weighted by atomic mass is 19.1. The Bertz CT molecular complexity index is 582. The minimum Gasteiger partial charge on any atom is -0.305 e. The zero-order valence-corrected chi connectivity index (χ0v) is 11.9. The van der Waals surface area contributed by atoms with E-state index < -0.39 is 11.4 Å². The fourth-order valence-corrected chi connectivity index (χ4v) is 3.28. The quantitative estimate of drug-likeness (QED) is 0.850. The molecular weight excluding hydrogens is 273 g/mol. The van der Waals surface area contributed by atoms with Gasteiger partial charge in [-0.15, -0.1) is 0 Å². The van der Waals surface area contributed by atoms with E-state index in [2.05, 4.69) is 17.2 Å². The molecule has 0 aromatic carbocycles. The highest BCUT2D eigenvalue weighted by Crippen LogP contribution is 2.40. The van der Waals surface area contributed by atoms with Gasteiger partial charge < -0.3 is 4.90 Å². The molecule has 1 spiro atoms. The first-order chi connectivity index (χ1) is 10.0. The summed E-state index contributed by atoms with van der Waals surface area (Å²) in [6.07, 6.45) is 5.80. The first kappa shape index (κ1) is 14.0. The summed E-state index contributed by atoms with van der Waals surface area (Å²) in [7, 11) is 0. The molecule has 0 atom stereocenters. The van der Waals surface area contributed by atoms with Crippen LogP contribution in [0.4, 0.5) is 9.18 Å². The molecule has 0 radical (unpaired) electrons. The average Bonchev–Trinajstić information content (AvgIpc) is 2.66. The van der Waals surface area contributed by atoms with Gasteiger partial charge in [0.25, 0.3) is 5.91 Å².